The fraction of sp³-hybridized carbons (Fsp3) is 0.161. The zero-order valence-corrected chi connectivity index (χ0v) is 19.7. The number of aromatic nitrogens is 4. The summed E-state index contributed by atoms with van der Waals surface area (Å²) in [5.41, 5.74) is 7.54. The van der Waals surface area contributed by atoms with Crippen molar-refractivity contribution in [2.24, 2.45) is 0 Å². The lowest BCUT2D eigenvalue weighted by atomic mass is 9.88. The second kappa shape index (κ2) is 11.3. The Balaban J connectivity index is 0.00000304. The van der Waals surface area contributed by atoms with Crippen LogP contribution in [0.2, 0.25) is 0 Å². The topological polar surface area (TPSA) is 51.6 Å². The molecule has 4 heteroatoms. The molecule has 0 aliphatic carbocycles. The summed E-state index contributed by atoms with van der Waals surface area (Å²) >= 11 is 0. The van der Waals surface area contributed by atoms with Crippen LogP contribution in [0.5, 0.6) is 0 Å². The van der Waals surface area contributed by atoms with E-state index >= 15 is 0 Å². The van der Waals surface area contributed by atoms with Gasteiger partial charge in [0.25, 0.3) is 0 Å². The van der Waals surface area contributed by atoms with Crippen molar-refractivity contribution in [1.29, 1.82) is 0 Å². The van der Waals surface area contributed by atoms with E-state index in [9.17, 15) is 0 Å². The van der Waals surface area contributed by atoms with Gasteiger partial charge in [0.15, 0.2) is 0 Å². The smallest absolute Gasteiger partial charge is 0.0886 e. The van der Waals surface area contributed by atoms with Crippen LogP contribution in [0.3, 0.4) is 0 Å². The molecule has 0 saturated heterocycles. The van der Waals surface area contributed by atoms with Crippen LogP contribution in [-0.4, -0.2) is 19.9 Å². The van der Waals surface area contributed by atoms with Crippen LogP contribution >= 0.6 is 0 Å². The molecule has 0 fully saturated rings. The van der Waals surface area contributed by atoms with Crippen LogP contribution < -0.4 is 0 Å². The summed E-state index contributed by atoms with van der Waals surface area (Å²) in [7, 11) is 0. The summed E-state index contributed by atoms with van der Waals surface area (Å²) in [6.45, 7) is 0. The van der Waals surface area contributed by atoms with Gasteiger partial charge in [-0.05, 0) is 84.7 Å². The summed E-state index contributed by atoms with van der Waals surface area (Å²) in [6, 6.07) is 31.2. The highest BCUT2D eigenvalue weighted by Crippen LogP contribution is 2.27. The standard InChI is InChI=1S/C31H28N4.H2/c1-2-8-26(9-3-1)27(16-12-24-14-18-30(34-22-24)28-10-4-6-20-32-28)17-13-25-15-19-31(35-23-25)29-11-5-7-21-33-29;/h1-11,14-15,18-23,27H,12-13,16-17H2;1H. The Morgan fingerprint density at radius 1 is 0.486 bits per heavy atom. The molecule has 1 aromatic carbocycles. The average Bonchev–Trinajstić information content (AvgIpc) is 2.95. The minimum absolute atomic E-state index is 0. The van der Waals surface area contributed by atoms with Gasteiger partial charge in [-0.3, -0.25) is 19.9 Å². The van der Waals surface area contributed by atoms with Crippen molar-refractivity contribution < 1.29 is 1.43 Å². The second-order valence-electron chi connectivity index (χ2n) is 8.72. The summed E-state index contributed by atoms with van der Waals surface area (Å²) in [4.78, 5) is 18.1. The predicted octanol–water partition coefficient (Wildman–Crippen LogP) is 7.20. The first-order chi connectivity index (χ1) is 17.3. The third kappa shape index (κ3) is 6.04. The highest BCUT2D eigenvalue weighted by Gasteiger charge is 2.13. The van der Waals surface area contributed by atoms with Crippen molar-refractivity contribution in [3.05, 3.63) is 132 Å². The van der Waals surface area contributed by atoms with Crippen molar-refractivity contribution in [3.63, 3.8) is 0 Å². The van der Waals surface area contributed by atoms with Crippen LogP contribution in [0, 0.1) is 0 Å². The van der Waals surface area contributed by atoms with Crippen LogP contribution in [0.25, 0.3) is 22.8 Å². The number of benzene rings is 1. The Morgan fingerprint density at radius 2 is 0.971 bits per heavy atom. The summed E-state index contributed by atoms with van der Waals surface area (Å²) in [5, 5.41) is 0. The molecular formula is C31H30N4. The molecule has 0 N–H and O–H groups in total. The molecule has 0 radical (unpaired) electrons. The third-order valence-corrected chi connectivity index (χ3v) is 6.34. The van der Waals surface area contributed by atoms with Crippen molar-refractivity contribution in [3.8, 4) is 22.8 Å². The van der Waals surface area contributed by atoms with Gasteiger partial charge in [-0.1, -0.05) is 54.6 Å². The van der Waals surface area contributed by atoms with Gasteiger partial charge in [0.1, 0.15) is 0 Å². The Labute approximate surface area is 208 Å². The molecule has 0 bridgehead atoms. The molecular weight excluding hydrogens is 428 g/mol. The van der Waals surface area contributed by atoms with Crippen LogP contribution in [0.1, 0.15) is 36.9 Å². The fourth-order valence-electron chi connectivity index (χ4n) is 4.36. The fourth-order valence-corrected chi connectivity index (χ4v) is 4.36. The lowest BCUT2D eigenvalue weighted by molar-refractivity contribution is 0.576. The van der Waals surface area contributed by atoms with Gasteiger partial charge in [0.05, 0.1) is 22.8 Å². The van der Waals surface area contributed by atoms with Gasteiger partial charge in [0, 0.05) is 26.2 Å². The number of pyridine rings is 4. The zero-order valence-electron chi connectivity index (χ0n) is 19.7. The third-order valence-electron chi connectivity index (χ3n) is 6.34. The van der Waals surface area contributed by atoms with E-state index in [-0.39, 0.29) is 1.43 Å². The number of nitrogens with zero attached hydrogens (tertiary/aromatic N) is 4. The van der Waals surface area contributed by atoms with E-state index in [2.05, 4.69) is 74.5 Å². The van der Waals surface area contributed by atoms with E-state index in [1.807, 2.05) is 48.8 Å². The van der Waals surface area contributed by atoms with E-state index in [0.29, 0.717) is 5.92 Å². The van der Waals surface area contributed by atoms with Crippen LogP contribution in [0.4, 0.5) is 0 Å². The molecule has 4 aromatic heterocycles. The van der Waals surface area contributed by atoms with Crippen molar-refractivity contribution in [1.82, 2.24) is 19.9 Å². The molecule has 0 unspecified atom stereocenters. The summed E-state index contributed by atoms with van der Waals surface area (Å²) in [6.07, 6.45) is 11.7. The SMILES string of the molecule is [HH].c1ccc(C(CCc2ccc(-c3ccccn3)nc2)CCc2ccc(-c3ccccn3)nc2)cc1. The second-order valence-corrected chi connectivity index (χ2v) is 8.72. The number of hydrogen-bond acceptors (Lipinski definition) is 4. The lowest BCUT2D eigenvalue weighted by Crippen LogP contribution is -2.04. The summed E-state index contributed by atoms with van der Waals surface area (Å²) < 4.78 is 0. The Bertz CT molecular complexity index is 1220. The molecule has 0 aliphatic heterocycles. The minimum atomic E-state index is 0. The molecule has 5 rings (SSSR count). The average molecular weight is 459 g/mol. The Kier molecular flexibility index (Phi) is 7.30. The minimum Gasteiger partial charge on any atom is -0.255 e. The molecule has 4 heterocycles. The first-order valence-electron chi connectivity index (χ1n) is 12.1. The summed E-state index contributed by atoms with van der Waals surface area (Å²) in [5.74, 6) is 0.474. The van der Waals surface area contributed by atoms with Gasteiger partial charge in [-0.2, -0.15) is 0 Å². The van der Waals surface area contributed by atoms with Crippen LogP contribution in [0.15, 0.2) is 116 Å². The van der Waals surface area contributed by atoms with E-state index in [0.717, 1.165) is 48.5 Å². The van der Waals surface area contributed by atoms with Crippen molar-refractivity contribution >= 4 is 0 Å². The number of hydrogen-bond donors (Lipinski definition) is 0. The first-order valence-corrected chi connectivity index (χ1v) is 12.1. The van der Waals surface area contributed by atoms with E-state index in [1.165, 1.54) is 16.7 Å². The molecule has 0 saturated carbocycles. The molecule has 4 nitrogen and oxygen atoms in total. The largest absolute Gasteiger partial charge is 0.255 e. The van der Waals surface area contributed by atoms with Gasteiger partial charge in [0.2, 0.25) is 0 Å². The molecule has 0 spiro atoms. The highest BCUT2D eigenvalue weighted by molar-refractivity contribution is 5.54. The normalized spacial score (nSPS) is 11.0. The number of aryl methyl sites for hydroxylation is 2. The predicted molar refractivity (Wildman–Crippen MR) is 143 cm³/mol. The van der Waals surface area contributed by atoms with Gasteiger partial charge in [-0.25, -0.2) is 0 Å². The van der Waals surface area contributed by atoms with Crippen molar-refractivity contribution in [2.75, 3.05) is 0 Å². The zero-order chi connectivity index (χ0) is 23.7. The van der Waals surface area contributed by atoms with E-state index in [1.54, 1.807) is 12.4 Å². The maximum atomic E-state index is 4.65. The highest BCUT2D eigenvalue weighted by atomic mass is 14.8. The Morgan fingerprint density at radius 3 is 1.40 bits per heavy atom. The van der Waals surface area contributed by atoms with Gasteiger partial charge in [-0.15, -0.1) is 0 Å². The Hall–Kier alpha value is -4.18. The van der Waals surface area contributed by atoms with Gasteiger partial charge >= 0.3 is 0 Å². The van der Waals surface area contributed by atoms with Crippen molar-refractivity contribution in [2.45, 2.75) is 31.6 Å². The molecule has 0 amide bonds. The molecule has 0 aliphatic rings. The first kappa shape index (κ1) is 22.6. The molecule has 5 aromatic rings. The van der Waals surface area contributed by atoms with E-state index in [4.69, 9.17) is 0 Å². The molecule has 35 heavy (non-hydrogen) atoms. The van der Waals surface area contributed by atoms with E-state index < -0.39 is 0 Å². The maximum absolute atomic E-state index is 4.65. The van der Waals surface area contributed by atoms with Gasteiger partial charge < -0.3 is 0 Å². The lowest BCUT2D eigenvalue weighted by Gasteiger charge is -2.18. The molecule has 174 valence electrons. The quantitative estimate of drug-likeness (QED) is 0.234. The maximum Gasteiger partial charge on any atom is 0.0886 e. The van der Waals surface area contributed by atoms with Crippen LogP contribution in [-0.2, 0) is 12.8 Å². The number of rotatable bonds is 9. The monoisotopic (exact) mass is 458 g/mol. The molecule has 0 atom stereocenters.